The molecule has 2 fully saturated rings. The number of hydrogen-bond acceptors (Lipinski definition) is 6. The van der Waals surface area contributed by atoms with Gasteiger partial charge in [0.15, 0.2) is 5.76 Å². The first-order chi connectivity index (χ1) is 16.8. The highest BCUT2D eigenvalue weighted by Crippen LogP contribution is 2.21. The number of benzene rings is 1. The molecule has 2 aliphatic rings. The monoisotopic (exact) mass is 501 g/mol. The van der Waals surface area contributed by atoms with Crippen LogP contribution in [0, 0.1) is 6.92 Å². The van der Waals surface area contributed by atoms with Crippen molar-refractivity contribution < 1.29 is 23.6 Å². The minimum absolute atomic E-state index is 0.113. The summed E-state index contributed by atoms with van der Waals surface area (Å²) in [5.74, 6) is -0.829. The van der Waals surface area contributed by atoms with Gasteiger partial charge in [-0.05, 0) is 36.8 Å². The van der Waals surface area contributed by atoms with Crippen LogP contribution < -0.4 is 10.6 Å². The molecule has 2 aromatic rings. The molecule has 2 aliphatic heterocycles. The molecule has 10 nitrogen and oxygen atoms in total. The molecule has 35 heavy (non-hydrogen) atoms. The van der Waals surface area contributed by atoms with Crippen LogP contribution in [0.3, 0.4) is 0 Å². The fourth-order valence-electron chi connectivity index (χ4n) is 4.22. The molecule has 2 saturated heterocycles. The van der Waals surface area contributed by atoms with Crippen LogP contribution in [0.2, 0.25) is 5.02 Å². The van der Waals surface area contributed by atoms with Crippen molar-refractivity contribution in [1.82, 2.24) is 20.0 Å². The van der Waals surface area contributed by atoms with Crippen molar-refractivity contribution in [3.05, 3.63) is 52.9 Å². The fraction of sp³-hybridized carbons (Fsp3) is 0.417. The Morgan fingerprint density at radius 2 is 1.91 bits per heavy atom. The van der Waals surface area contributed by atoms with Crippen molar-refractivity contribution in [3.8, 4) is 0 Å². The average molecular weight is 502 g/mol. The maximum atomic E-state index is 13.1. The Balaban J connectivity index is 1.32. The van der Waals surface area contributed by atoms with Crippen LogP contribution in [0.1, 0.15) is 22.5 Å². The van der Waals surface area contributed by atoms with E-state index in [1.165, 1.54) is 11.2 Å². The highest BCUT2D eigenvalue weighted by molar-refractivity contribution is 6.31. The standard InChI is InChI=1S/C24H28ClN5O5/c1-16-4-5-17(13-18(16)25)27-21(31)14-19-23(33)26-6-7-30(19)22(32)15-28-8-10-29(11-9-28)24(34)20-3-2-12-35-20/h2-5,12-13,19H,6-11,14-15H2,1H3,(H,26,33)(H,27,31)/t19-/m1/s1. The summed E-state index contributed by atoms with van der Waals surface area (Å²) < 4.78 is 5.18. The normalized spacial score (nSPS) is 18.8. The number of anilines is 1. The van der Waals surface area contributed by atoms with E-state index in [4.69, 9.17) is 16.0 Å². The summed E-state index contributed by atoms with van der Waals surface area (Å²) in [4.78, 5) is 55.9. The van der Waals surface area contributed by atoms with E-state index >= 15 is 0 Å². The summed E-state index contributed by atoms with van der Waals surface area (Å²) >= 11 is 6.12. The topological polar surface area (TPSA) is 115 Å². The first kappa shape index (κ1) is 24.7. The van der Waals surface area contributed by atoms with Crippen molar-refractivity contribution in [2.45, 2.75) is 19.4 Å². The molecular weight excluding hydrogens is 474 g/mol. The average Bonchev–Trinajstić information content (AvgIpc) is 3.38. The second kappa shape index (κ2) is 10.9. The van der Waals surface area contributed by atoms with Gasteiger partial charge in [-0.15, -0.1) is 0 Å². The van der Waals surface area contributed by atoms with Gasteiger partial charge in [0.25, 0.3) is 5.91 Å². The Bertz CT molecular complexity index is 1100. The number of rotatable bonds is 6. The minimum Gasteiger partial charge on any atom is -0.459 e. The minimum atomic E-state index is -0.890. The van der Waals surface area contributed by atoms with Gasteiger partial charge in [0.1, 0.15) is 6.04 Å². The molecule has 11 heteroatoms. The molecule has 2 N–H and O–H groups in total. The molecule has 1 aromatic heterocycles. The number of carbonyl (C=O) groups excluding carboxylic acids is 4. The highest BCUT2D eigenvalue weighted by Gasteiger charge is 2.35. The Morgan fingerprint density at radius 1 is 1.14 bits per heavy atom. The Labute approximate surface area is 208 Å². The molecule has 4 amide bonds. The maximum Gasteiger partial charge on any atom is 0.289 e. The maximum absolute atomic E-state index is 13.1. The zero-order valence-corrected chi connectivity index (χ0v) is 20.2. The molecule has 0 saturated carbocycles. The van der Waals surface area contributed by atoms with Gasteiger partial charge >= 0.3 is 0 Å². The van der Waals surface area contributed by atoms with E-state index in [-0.39, 0.29) is 36.6 Å². The summed E-state index contributed by atoms with van der Waals surface area (Å²) in [5.41, 5.74) is 1.42. The third-order valence-corrected chi connectivity index (χ3v) is 6.64. The zero-order chi connectivity index (χ0) is 24.9. The van der Waals surface area contributed by atoms with E-state index in [1.54, 1.807) is 35.2 Å². The van der Waals surface area contributed by atoms with Crippen LogP contribution in [-0.4, -0.2) is 90.2 Å². The van der Waals surface area contributed by atoms with Crippen LogP contribution in [0.5, 0.6) is 0 Å². The lowest BCUT2D eigenvalue weighted by Crippen LogP contribution is -2.60. The summed E-state index contributed by atoms with van der Waals surface area (Å²) in [5, 5.41) is 6.01. The van der Waals surface area contributed by atoms with Crippen molar-refractivity contribution in [1.29, 1.82) is 0 Å². The molecule has 0 spiro atoms. The smallest absolute Gasteiger partial charge is 0.289 e. The lowest BCUT2D eigenvalue weighted by molar-refractivity contribution is -0.145. The fourth-order valence-corrected chi connectivity index (χ4v) is 4.40. The van der Waals surface area contributed by atoms with Gasteiger partial charge in [0.2, 0.25) is 17.7 Å². The number of amides is 4. The highest BCUT2D eigenvalue weighted by atomic mass is 35.5. The second-order valence-corrected chi connectivity index (χ2v) is 9.06. The number of hydrogen-bond donors (Lipinski definition) is 2. The molecule has 0 bridgehead atoms. The van der Waals surface area contributed by atoms with Crippen molar-refractivity contribution >= 4 is 40.9 Å². The van der Waals surface area contributed by atoms with E-state index in [1.807, 2.05) is 11.8 Å². The van der Waals surface area contributed by atoms with Gasteiger partial charge in [0, 0.05) is 50.0 Å². The molecule has 1 aromatic carbocycles. The van der Waals surface area contributed by atoms with E-state index in [9.17, 15) is 19.2 Å². The lowest BCUT2D eigenvalue weighted by Gasteiger charge is -2.38. The number of aryl methyl sites for hydroxylation is 1. The summed E-state index contributed by atoms with van der Waals surface area (Å²) in [7, 11) is 0. The lowest BCUT2D eigenvalue weighted by atomic mass is 10.1. The predicted molar refractivity (Wildman–Crippen MR) is 129 cm³/mol. The van der Waals surface area contributed by atoms with Crippen LogP contribution in [0.25, 0.3) is 0 Å². The van der Waals surface area contributed by atoms with Gasteiger partial charge in [0.05, 0.1) is 19.2 Å². The first-order valence-corrected chi connectivity index (χ1v) is 11.9. The predicted octanol–water partition coefficient (Wildman–Crippen LogP) is 1.36. The van der Waals surface area contributed by atoms with Gasteiger partial charge < -0.3 is 24.9 Å². The Kier molecular flexibility index (Phi) is 7.72. The molecule has 0 unspecified atom stereocenters. The van der Waals surface area contributed by atoms with Gasteiger partial charge in [-0.2, -0.15) is 0 Å². The molecule has 0 aliphatic carbocycles. The molecule has 4 rings (SSSR count). The van der Waals surface area contributed by atoms with Gasteiger partial charge in [-0.3, -0.25) is 24.1 Å². The number of furan rings is 1. The van der Waals surface area contributed by atoms with Crippen LogP contribution >= 0.6 is 11.6 Å². The molecule has 186 valence electrons. The molecule has 1 atom stereocenters. The summed E-state index contributed by atoms with van der Waals surface area (Å²) in [6.07, 6.45) is 1.30. The Hall–Kier alpha value is -3.37. The number of piperazine rings is 2. The third-order valence-electron chi connectivity index (χ3n) is 6.24. The van der Waals surface area contributed by atoms with Crippen LogP contribution in [0.4, 0.5) is 5.69 Å². The summed E-state index contributed by atoms with van der Waals surface area (Å²) in [6, 6.07) is 7.59. The van der Waals surface area contributed by atoms with Crippen LogP contribution in [0.15, 0.2) is 41.0 Å². The molecule has 0 radical (unpaired) electrons. The number of carbonyl (C=O) groups is 4. The number of halogens is 1. The van der Waals surface area contributed by atoms with Crippen molar-refractivity contribution in [2.75, 3.05) is 51.1 Å². The van der Waals surface area contributed by atoms with Crippen LogP contribution in [-0.2, 0) is 14.4 Å². The van der Waals surface area contributed by atoms with Crippen molar-refractivity contribution in [2.24, 2.45) is 0 Å². The largest absolute Gasteiger partial charge is 0.459 e. The quantitative estimate of drug-likeness (QED) is 0.617. The van der Waals surface area contributed by atoms with Crippen molar-refractivity contribution in [3.63, 3.8) is 0 Å². The SMILES string of the molecule is Cc1ccc(NC(=O)C[C@@H]2C(=O)NCCN2C(=O)CN2CCN(C(=O)c3ccco3)CC2)cc1Cl. The first-order valence-electron chi connectivity index (χ1n) is 11.5. The van der Waals surface area contributed by atoms with E-state index < -0.39 is 6.04 Å². The number of nitrogens with zero attached hydrogens (tertiary/aromatic N) is 3. The van der Waals surface area contributed by atoms with E-state index in [0.29, 0.717) is 55.7 Å². The van der Waals surface area contributed by atoms with E-state index in [0.717, 1.165) is 5.56 Å². The van der Waals surface area contributed by atoms with E-state index in [2.05, 4.69) is 10.6 Å². The van der Waals surface area contributed by atoms with Gasteiger partial charge in [-0.25, -0.2) is 0 Å². The van der Waals surface area contributed by atoms with Gasteiger partial charge in [-0.1, -0.05) is 17.7 Å². The Morgan fingerprint density at radius 3 is 2.60 bits per heavy atom. The number of nitrogens with one attached hydrogen (secondary N) is 2. The molecular formula is C24H28ClN5O5. The summed E-state index contributed by atoms with van der Waals surface area (Å²) in [6.45, 7) is 4.63. The second-order valence-electron chi connectivity index (χ2n) is 8.66. The zero-order valence-electron chi connectivity index (χ0n) is 19.5. The molecule has 3 heterocycles. The third kappa shape index (κ3) is 6.01.